The summed E-state index contributed by atoms with van der Waals surface area (Å²) >= 11 is 0. The van der Waals surface area contributed by atoms with E-state index in [2.05, 4.69) is 5.32 Å². The minimum Gasteiger partial charge on any atom is -0.316 e. The summed E-state index contributed by atoms with van der Waals surface area (Å²) in [5.41, 5.74) is -0.663. The molecule has 0 saturated carbocycles. The van der Waals surface area contributed by atoms with E-state index in [1.54, 1.807) is 0 Å². The van der Waals surface area contributed by atoms with Crippen LogP contribution >= 0.6 is 0 Å². The highest BCUT2D eigenvalue weighted by molar-refractivity contribution is 5.27. The third-order valence-electron chi connectivity index (χ3n) is 3.28. The fourth-order valence-electron chi connectivity index (χ4n) is 2.25. The quantitative estimate of drug-likeness (QED) is 0.818. The monoisotopic (exact) mass is 261 g/mol. The van der Waals surface area contributed by atoms with Crippen LogP contribution in [0.2, 0.25) is 0 Å². The van der Waals surface area contributed by atoms with Gasteiger partial charge in [-0.15, -0.1) is 0 Å². The van der Waals surface area contributed by atoms with Crippen LogP contribution in [0.15, 0.2) is 24.3 Å². The Morgan fingerprint density at radius 1 is 1.33 bits per heavy atom. The van der Waals surface area contributed by atoms with E-state index in [0.717, 1.165) is 31.6 Å². The molecule has 1 N–H and O–H groups in total. The standard InChI is InChI=1S/C13H15F4N/c14-12(6-9-4-5-18-8-9)10-2-1-3-11(7-10)13(15,16)17/h1-3,7,9,12,18H,4-6,8H2. The second-order valence-electron chi connectivity index (χ2n) is 4.69. The Bertz CT molecular complexity index is 396. The van der Waals surface area contributed by atoms with E-state index >= 15 is 0 Å². The normalized spacial score (nSPS) is 22.1. The fraction of sp³-hybridized carbons (Fsp3) is 0.538. The van der Waals surface area contributed by atoms with Crippen molar-refractivity contribution in [2.45, 2.75) is 25.2 Å². The zero-order valence-electron chi connectivity index (χ0n) is 9.80. The van der Waals surface area contributed by atoms with Crippen molar-refractivity contribution in [1.82, 2.24) is 5.32 Å². The van der Waals surface area contributed by atoms with Crippen LogP contribution in [0.4, 0.5) is 17.6 Å². The van der Waals surface area contributed by atoms with Gasteiger partial charge in [0.05, 0.1) is 5.56 Å². The van der Waals surface area contributed by atoms with Crippen molar-refractivity contribution in [3.63, 3.8) is 0 Å². The molecule has 1 aliphatic rings. The highest BCUT2D eigenvalue weighted by atomic mass is 19.4. The number of benzene rings is 1. The van der Waals surface area contributed by atoms with Crippen molar-refractivity contribution in [3.8, 4) is 0 Å². The second-order valence-corrected chi connectivity index (χ2v) is 4.69. The van der Waals surface area contributed by atoms with Crippen LogP contribution in [0, 0.1) is 5.92 Å². The topological polar surface area (TPSA) is 12.0 Å². The predicted octanol–water partition coefficient (Wildman–Crippen LogP) is 3.72. The SMILES string of the molecule is FC(CC1CCNC1)c1cccc(C(F)(F)F)c1. The van der Waals surface area contributed by atoms with E-state index < -0.39 is 17.9 Å². The van der Waals surface area contributed by atoms with Gasteiger partial charge in [0.25, 0.3) is 0 Å². The molecule has 1 aromatic rings. The van der Waals surface area contributed by atoms with Gasteiger partial charge in [0.1, 0.15) is 6.17 Å². The Morgan fingerprint density at radius 2 is 2.11 bits per heavy atom. The summed E-state index contributed by atoms with van der Waals surface area (Å²) in [7, 11) is 0. The average Bonchev–Trinajstić information content (AvgIpc) is 2.81. The summed E-state index contributed by atoms with van der Waals surface area (Å²) < 4.78 is 51.5. The largest absolute Gasteiger partial charge is 0.416 e. The molecule has 0 radical (unpaired) electrons. The Balaban J connectivity index is 2.07. The van der Waals surface area contributed by atoms with Gasteiger partial charge in [0.2, 0.25) is 0 Å². The Morgan fingerprint density at radius 3 is 2.72 bits per heavy atom. The zero-order valence-corrected chi connectivity index (χ0v) is 9.80. The van der Waals surface area contributed by atoms with Crippen LogP contribution in [0.5, 0.6) is 0 Å². The van der Waals surface area contributed by atoms with Crippen LogP contribution in [0.25, 0.3) is 0 Å². The van der Waals surface area contributed by atoms with Gasteiger partial charge in [0.15, 0.2) is 0 Å². The molecular formula is C13H15F4N. The van der Waals surface area contributed by atoms with Gasteiger partial charge in [-0.2, -0.15) is 13.2 Å². The molecule has 2 atom stereocenters. The zero-order chi connectivity index (χ0) is 13.2. The number of alkyl halides is 4. The molecule has 100 valence electrons. The fourth-order valence-corrected chi connectivity index (χ4v) is 2.25. The molecule has 2 rings (SSSR count). The first-order valence-corrected chi connectivity index (χ1v) is 5.99. The molecule has 1 heterocycles. The Hall–Kier alpha value is -1.10. The molecule has 2 unspecified atom stereocenters. The lowest BCUT2D eigenvalue weighted by Crippen LogP contribution is -2.11. The molecule has 1 aliphatic heterocycles. The smallest absolute Gasteiger partial charge is 0.316 e. The van der Waals surface area contributed by atoms with Crippen LogP contribution in [-0.4, -0.2) is 13.1 Å². The number of halogens is 4. The molecule has 1 saturated heterocycles. The van der Waals surface area contributed by atoms with Gasteiger partial charge in [-0.3, -0.25) is 0 Å². The Kier molecular flexibility index (Phi) is 3.90. The molecular weight excluding hydrogens is 246 g/mol. The molecule has 1 nitrogen and oxygen atoms in total. The molecule has 0 aliphatic carbocycles. The van der Waals surface area contributed by atoms with Crippen LogP contribution < -0.4 is 5.32 Å². The number of rotatable bonds is 3. The van der Waals surface area contributed by atoms with Gasteiger partial charge in [-0.25, -0.2) is 4.39 Å². The van der Waals surface area contributed by atoms with Crippen molar-refractivity contribution >= 4 is 0 Å². The third kappa shape index (κ3) is 3.22. The van der Waals surface area contributed by atoms with E-state index in [-0.39, 0.29) is 17.9 Å². The first-order chi connectivity index (χ1) is 8.47. The summed E-state index contributed by atoms with van der Waals surface area (Å²) in [4.78, 5) is 0. The number of hydrogen-bond donors (Lipinski definition) is 1. The maximum absolute atomic E-state index is 14.0. The second kappa shape index (κ2) is 5.26. The lowest BCUT2D eigenvalue weighted by molar-refractivity contribution is -0.137. The highest BCUT2D eigenvalue weighted by Crippen LogP contribution is 2.33. The lowest BCUT2D eigenvalue weighted by atomic mass is 9.96. The first-order valence-electron chi connectivity index (χ1n) is 5.99. The minimum absolute atomic E-state index is 0.122. The summed E-state index contributed by atoms with van der Waals surface area (Å²) in [5, 5.41) is 3.12. The summed E-state index contributed by atoms with van der Waals surface area (Å²) in [5.74, 6) is 0.217. The molecule has 1 fully saturated rings. The van der Waals surface area contributed by atoms with Gasteiger partial charge < -0.3 is 5.32 Å². The number of hydrogen-bond acceptors (Lipinski definition) is 1. The average molecular weight is 261 g/mol. The molecule has 5 heteroatoms. The first kappa shape index (κ1) is 13.3. The molecule has 0 spiro atoms. The number of nitrogens with one attached hydrogen (secondary N) is 1. The van der Waals surface area contributed by atoms with Gasteiger partial charge in [-0.1, -0.05) is 12.1 Å². The van der Waals surface area contributed by atoms with Crippen molar-refractivity contribution in [3.05, 3.63) is 35.4 Å². The van der Waals surface area contributed by atoms with Crippen molar-refractivity contribution < 1.29 is 17.6 Å². The van der Waals surface area contributed by atoms with Crippen LogP contribution in [-0.2, 0) is 6.18 Å². The van der Waals surface area contributed by atoms with E-state index in [1.165, 1.54) is 12.1 Å². The van der Waals surface area contributed by atoms with E-state index in [1.807, 2.05) is 0 Å². The highest BCUT2D eigenvalue weighted by Gasteiger charge is 2.31. The van der Waals surface area contributed by atoms with Crippen molar-refractivity contribution in [2.75, 3.05) is 13.1 Å². The summed E-state index contributed by atoms with van der Waals surface area (Å²) in [6.07, 6.45) is -4.56. The van der Waals surface area contributed by atoms with Crippen LogP contribution in [0.1, 0.15) is 30.1 Å². The minimum atomic E-state index is -4.41. The molecule has 0 amide bonds. The maximum atomic E-state index is 14.0. The molecule has 0 bridgehead atoms. The lowest BCUT2D eigenvalue weighted by Gasteiger charge is -2.15. The molecule has 1 aromatic carbocycles. The van der Waals surface area contributed by atoms with Crippen LogP contribution in [0.3, 0.4) is 0 Å². The third-order valence-corrected chi connectivity index (χ3v) is 3.28. The van der Waals surface area contributed by atoms with E-state index in [9.17, 15) is 17.6 Å². The molecule has 18 heavy (non-hydrogen) atoms. The van der Waals surface area contributed by atoms with Gasteiger partial charge >= 0.3 is 6.18 Å². The Labute approximate surface area is 103 Å². The van der Waals surface area contributed by atoms with E-state index in [0.29, 0.717) is 0 Å². The van der Waals surface area contributed by atoms with Crippen molar-refractivity contribution in [2.24, 2.45) is 5.92 Å². The summed E-state index contributed by atoms with van der Waals surface area (Å²) in [6.45, 7) is 1.61. The van der Waals surface area contributed by atoms with Gasteiger partial charge in [-0.05, 0) is 49.5 Å². The van der Waals surface area contributed by atoms with E-state index in [4.69, 9.17) is 0 Å². The molecule has 0 aromatic heterocycles. The maximum Gasteiger partial charge on any atom is 0.416 e. The predicted molar refractivity (Wildman–Crippen MR) is 60.9 cm³/mol. The van der Waals surface area contributed by atoms with Gasteiger partial charge in [0, 0.05) is 0 Å². The van der Waals surface area contributed by atoms with Crippen molar-refractivity contribution in [1.29, 1.82) is 0 Å². The summed E-state index contributed by atoms with van der Waals surface area (Å²) in [6, 6.07) is 4.56.